The minimum atomic E-state index is -1.06. The molecule has 490 valence electrons. The lowest BCUT2D eigenvalue weighted by Gasteiger charge is -2.40. The summed E-state index contributed by atoms with van der Waals surface area (Å²) in [6, 6.07) is 32.2. The normalized spacial score (nSPS) is 16.0. The van der Waals surface area contributed by atoms with Crippen LogP contribution >= 0.6 is 0 Å². The highest BCUT2D eigenvalue weighted by atomic mass is 16.5. The van der Waals surface area contributed by atoms with Crippen molar-refractivity contribution >= 4 is 95.6 Å². The number of fused-ring (bicyclic) bond motifs is 4. The molecule has 0 saturated carbocycles. The number of hydrogen-bond donors (Lipinski definition) is 0. The molecule has 15 rings (SSSR count). The van der Waals surface area contributed by atoms with Crippen molar-refractivity contribution in [3.63, 3.8) is 0 Å². The summed E-state index contributed by atoms with van der Waals surface area (Å²) in [4.78, 5) is 156. The molecule has 0 bridgehead atoms. The molecule has 5 aliphatic rings. The molecule has 97 heavy (non-hydrogen) atoms. The Bertz CT molecular complexity index is 5260. The summed E-state index contributed by atoms with van der Waals surface area (Å²) in [6.45, 7) is 20.9. The maximum Gasteiger partial charge on any atom is 0.281 e. The van der Waals surface area contributed by atoms with E-state index in [4.69, 9.17) is 9.47 Å². The van der Waals surface area contributed by atoms with Crippen LogP contribution in [0.3, 0.4) is 0 Å². The van der Waals surface area contributed by atoms with Crippen LogP contribution in [0.2, 0.25) is 0 Å². The second kappa shape index (κ2) is 22.1. The molecule has 0 N–H and O–H groups in total. The summed E-state index contributed by atoms with van der Waals surface area (Å²) in [5.41, 5.74) is -0.657. The number of benzene rings is 8. The molecule has 0 spiro atoms. The van der Waals surface area contributed by atoms with Gasteiger partial charge in [0.05, 0.1) is 51.2 Å². The number of aromatic nitrogens is 2. The van der Waals surface area contributed by atoms with Gasteiger partial charge in [0.1, 0.15) is 5.75 Å². The Morgan fingerprint density at radius 2 is 0.918 bits per heavy atom. The van der Waals surface area contributed by atoms with Gasteiger partial charge >= 0.3 is 0 Å². The maximum absolute atomic E-state index is 15.5. The van der Waals surface area contributed by atoms with Gasteiger partial charge in [0, 0.05) is 104 Å². The van der Waals surface area contributed by atoms with Crippen molar-refractivity contribution in [1.29, 1.82) is 0 Å². The maximum atomic E-state index is 15.5. The van der Waals surface area contributed by atoms with E-state index in [1.165, 1.54) is 17.0 Å². The number of carbonyl (C=O) groups excluding carboxylic acids is 6. The minimum absolute atomic E-state index is 0.00904. The smallest absolute Gasteiger partial charge is 0.281 e. The summed E-state index contributed by atoms with van der Waals surface area (Å²) in [6.07, 6.45) is 5.77. The SMILES string of the molecule is CCCCCCCCN1C(=O)c2ccc3c4c(ccc(c24)C1=O)C(=O)N(c1cc(C(C)(C)C)cc2c1Oc1c(-n4c(=O)c5cc6c(=O)n(N7C(=O)c8cccc9c(N%10CCN(c%11ccc(OC)cc%11)CC%10)ccc(c89)C7=O)c(=O)c6cc5c4=O)cc(C(C)(C)C)cc1C2(C)C)C3=O. The summed E-state index contributed by atoms with van der Waals surface area (Å²) < 4.78 is 13.9. The lowest BCUT2D eigenvalue weighted by Crippen LogP contribution is -2.55. The molecule has 0 unspecified atom stereocenters. The third kappa shape index (κ3) is 9.27. The molecule has 5 aliphatic heterocycles. The van der Waals surface area contributed by atoms with Crippen LogP contribution in [0, 0.1) is 0 Å². The number of amides is 6. The summed E-state index contributed by atoms with van der Waals surface area (Å²) in [7, 11) is 1.63. The Labute approximate surface area is 557 Å². The first kappa shape index (κ1) is 62.3. The van der Waals surface area contributed by atoms with Crippen molar-refractivity contribution in [3.8, 4) is 22.9 Å². The number of rotatable bonds is 13. The molecule has 6 amide bonds. The van der Waals surface area contributed by atoms with E-state index in [2.05, 4.69) is 16.7 Å². The van der Waals surface area contributed by atoms with Crippen molar-refractivity contribution in [2.24, 2.45) is 0 Å². The molecule has 0 atom stereocenters. The van der Waals surface area contributed by atoms with Gasteiger partial charge in [-0.2, -0.15) is 9.69 Å². The minimum Gasteiger partial charge on any atom is -0.497 e. The number of imide groups is 3. The molecular weight excluding hydrogens is 1230 g/mol. The first-order chi connectivity index (χ1) is 46.2. The summed E-state index contributed by atoms with van der Waals surface area (Å²) in [5.74, 6) is -3.34. The van der Waals surface area contributed by atoms with E-state index >= 15 is 19.2 Å². The molecule has 19 heteroatoms. The van der Waals surface area contributed by atoms with Crippen LogP contribution in [0.25, 0.3) is 48.8 Å². The molecule has 1 saturated heterocycles. The Balaban J connectivity index is 0.799. The summed E-state index contributed by atoms with van der Waals surface area (Å²) in [5, 5.41) is 0.968. The van der Waals surface area contributed by atoms with Crippen LogP contribution in [-0.4, -0.2) is 89.4 Å². The first-order valence-electron chi connectivity index (χ1n) is 33.2. The van der Waals surface area contributed by atoms with E-state index in [1.807, 2.05) is 104 Å². The zero-order valence-corrected chi connectivity index (χ0v) is 55.8. The Morgan fingerprint density at radius 1 is 0.454 bits per heavy atom. The van der Waals surface area contributed by atoms with Gasteiger partial charge in [0.25, 0.3) is 57.7 Å². The highest BCUT2D eigenvalue weighted by Crippen LogP contribution is 2.56. The van der Waals surface area contributed by atoms with Gasteiger partial charge in [-0.3, -0.25) is 52.8 Å². The molecule has 7 heterocycles. The molecule has 8 aromatic carbocycles. The molecule has 10 aromatic rings. The molecule has 0 aliphatic carbocycles. The van der Waals surface area contributed by atoms with Crippen molar-refractivity contribution < 1.29 is 38.2 Å². The fourth-order valence-electron chi connectivity index (χ4n) is 15.1. The Morgan fingerprint density at radius 3 is 1.45 bits per heavy atom. The van der Waals surface area contributed by atoms with Crippen LogP contribution in [0.5, 0.6) is 17.2 Å². The zero-order chi connectivity index (χ0) is 68.4. The van der Waals surface area contributed by atoms with E-state index in [0.717, 1.165) is 76.4 Å². The van der Waals surface area contributed by atoms with E-state index in [0.29, 0.717) is 69.7 Å². The van der Waals surface area contributed by atoms with Gasteiger partial charge in [-0.15, -0.1) is 0 Å². The van der Waals surface area contributed by atoms with E-state index in [9.17, 15) is 28.8 Å². The standard InChI is InChI=1S/C78H71N7O12/c1-11-12-13-14-15-16-30-81-66(86)48-24-26-50-63-51(27-25-49(62(48)63)67(81)87)69(89)82(68(50)88)59-37-41(76(2,3)4)35-56-64(59)97-65-57(78(56,8)9)36-42(77(5,6)7)38-60(65)83-70(90)52-39-54-55(40-53(52)71(83)91)75(95)85(74(54)94)84-72(92)46-19-17-18-45-58(29-28-47(61(45)46)73(84)93)80-33-31-79(32-34-80)43-20-22-44(96-10)23-21-43/h17-29,35-40H,11-16,30-34H2,1-10H3. The number of ether oxygens (including phenoxy) is 2. The van der Waals surface area contributed by atoms with Crippen LogP contribution < -0.4 is 51.4 Å². The highest BCUT2D eigenvalue weighted by molar-refractivity contribution is 6.40. The van der Waals surface area contributed by atoms with Crippen molar-refractivity contribution in [2.75, 3.05) is 59.5 Å². The average Bonchev–Trinajstić information content (AvgIpc) is 1.67. The third-order valence-corrected chi connectivity index (χ3v) is 20.6. The van der Waals surface area contributed by atoms with Crippen LogP contribution in [0.15, 0.2) is 134 Å². The number of piperazine rings is 1. The first-order valence-corrected chi connectivity index (χ1v) is 33.2. The molecule has 1 fully saturated rings. The fraction of sp³-hybridized carbons (Fsp3) is 0.308. The zero-order valence-electron chi connectivity index (χ0n) is 55.8. The van der Waals surface area contributed by atoms with Gasteiger partial charge in [-0.05, 0) is 119 Å². The molecule has 2 aromatic heterocycles. The van der Waals surface area contributed by atoms with E-state index in [-0.39, 0.29) is 95.1 Å². The van der Waals surface area contributed by atoms with Crippen LogP contribution in [0.1, 0.15) is 185 Å². The quantitative estimate of drug-likeness (QED) is 0.0775. The van der Waals surface area contributed by atoms with Gasteiger partial charge < -0.3 is 19.3 Å². The average molecular weight is 1300 g/mol. The molecule has 0 radical (unpaired) electrons. The Hall–Kier alpha value is -10.8. The van der Waals surface area contributed by atoms with E-state index < -0.39 is 73.9 Å². The number of anilines is 3. The number of methoxy groups -OCH3 is 1. The number of unbranched alkanes of at least 4 members (excludes halogenated alkanes) is 5. The van der Waals surface area contributed by atoms with Crippen molar-refractivity contribution in [3.05, 3.63) is 212 Å². The van der Waals surface area contributed by atoms with Crippen molar-refractivity contribution in [2.45, 2.75) is 117 Å². The number of carbonyl (C=O) groups is 6. The predicted molar refractivity (Wildman–Crippen MR) is 374 cm³/mol. The highest BCUT2D eigenvalue weighted by Gasteiger charge is 2.46. The second-order valence-corrected chi connectivity index (χ2v) is 28.8. The van der Waals surface area contributed by atoms with Crippen molar-refractivity contribution in [1.82, 2.24) is 14.1 Å². The number of nitrogens with zero attached hydrogens (tertiary/aromatic N) is 7. The lowest BCUT2D eigenvalue weighted by atomic mass is 9.71. The topological polar surface area (TPSA) is 215 Å². The van der Waals surface area contributed by atoms with Gasteiger partial charge in [-0.1, -0.05) is 119 Å². The predicted octanol–water partition coefficient (Wildman–Crippen LogP) is 12.3. The molecule has 19 nitrogen and oxygen atoms in total. The second-order valence-electron chi connectivity index (χ2n) is 28.8. The monoisotopic (exact) mass is 1300 g/mol. The van der Waals surface area contributed by atoms with Gasteiger partial charge in [0.15, 0.2) is 11.5 Å². The van der Waals surface area contributed by atoms with Crippen LogP contribution in [-0.2, 0) is 16.2 Å². The fourth-order valence-corrected chi connectivity index (χ4v) is 15.1. The Kier molecular flexibility index (Phi) is 14.2. The lowest BCUT2D eigenvalue weighted by molar-refractivity contribution is 0.0605. The van der Waals surface area contributed by atoms with Crippen LogP contribution in [0.4, 0.5) is 17.1 Å². The third-order valence-electron chi connectivity index (χ3n) is 20.6. The van der Waals surface area contributed by atoms with E-state index in [1.54, 1.807) is 49.6 Å². The largest absolute Gasteiger partial charge is 0.497 e. The van der Waals surface area contributed by atoms with Gasteiger partial charge in [-0.25, -0.2) is 9.47 Å². The summed E-state index contributed by atoms with van der Waals surface area (Å²) >= 11 is 0. The van der Waals surface area contributed by atoms with Gasteiger partial charge in [0.2, 0.25) is 0 Å². The number of hydrogen-bond acceptors (Lipinski definition) is 14. The molecular formula is C78H71N7O12.